The molecule has 4 heteroatoms. The maximum Gasteiger partial charge on any atom is 0.150 e. The topological polar surface area (TPSA) is 43.1 Å². The fourth-order valence-corrected chi connectivity index (χ4v) is 0.902. The second-order valence-electron chi connectivity index (χ2n) is 2.55. The van der Waals surface area contributed by atoms with Gasteiger partial charge in [0.1, 0.15) is 5.82 Å². The third kappa shape index (κ3) is 4.01. The second-order valence-corrected chi connectivity index (χ2v) is 2.55. The zero-order chi connectivity index (χ0) is 8.97. The van der Waals surface area contributed by atoms with Gasteiger partial charge in [-0.2, -0.15) is 0 Å². The lowest BCUT2D eigenvalue weighted by Crippen LogP contribution is -2.15. The molecule has 0 aliphatic rings. The summed E-state index contributed by atoms with van der Waals surface area (Å²) in [5, 5.41) is 0. The zero-order valence-corrected chi connectivity index (χ0v) is 7.81. The molecule has 0 amide bonds. The molecule has 0 unspecified atom stereocenters. The lowest BCUT2D eigenvalue weighted by molar-refractivity contribution is -0.117. The van der Waals surface area contributed by atoms with Crippen molar-refractivity contribution in [3.8, 4) is 0 Å². The van der Waals surface area contributed by atoms with Crippen LogP contribution < -0.4 is 5.73 Å². The van der Waals surface area contributed by atoms with Gasteiger partial charge in [0.25, 0.3) is 0 Å². The van der Waals surface area contributed by atoms with Crippen LogP contribution in [0.25, 0.3) is 0 Å². The largest absolute Gasteiger partial charge is 0.324 e. The Hall–Kier alpha value is -0.930. The SMILES string of the molecule is Cl.NCC(=O)Cc1ccc(F)cc1. The van der Waals surface area contributed by atoms with E-state index in [2.05, 4.69) is 0 Å². The highest BCUT2D eigenvalue weighted by molar-refractivity contribution is 5.85. The average Bonchev–Trinajstić information content (AvgIpc) is 2.09. The predicted molar refractivity (Wildman–Crippen MR) is 51.4 cm³/mol. The summed E-state index contributed by atoms with van der Waals surface area (Å²) in [6.07, 6.45) is 0.288. The quantitative estimate of drug-likeness (QED) is 0.805. The molecule has 0 aliphatic carbocycles. The Balaban J connectivity index is 0.00000144. The van der Waals surface area contributed by atoms with E-state index in [1.165, 1.54) is 12.1 Å². The zero-order valence-electron chi connectivity index (χ0n) is 7.00. The third-order valence-corrected chi connectivity index (χ3v) is 1.54. The molecule has 0 heterocycles. The average molecular weight is 204 g/mol. The van der Waals surface area contributed by atoms with Gasteiger partial charge in [-0.1, -0.05) is 12.1 Å². The number of hydrogen-bond donors (Lipinski definition) is 1. The van der Waals surface area contributed by atoms with Gasteiger partial charge >= 0.3 is 0 Å². The Labute approximate surface area is 82.3 Å². The van der Waals surface area contributed by atoms with E-state index in [1.807, 2.05) is 0 Å². The lowest BCUT2D eigenvalue weighted by Gasteiger charge is -1.97. The number of Topliss-reactive ketones (excluding diaryl/α,β-unsaturated/α-hetero) is 1. The molecule has 0 spiro atoms. The van der Waals surface area contributed by atoms with Gasteiger partial charge in [-0.3, -0.25) is 4.79 Å². The number of carbonyl (C=O) groups excluding carboxylic acids is 1. The maximum atomic E-state index is 12.4. The third-order valence-electron chi connectivity index (χ3n) is 1.54. The summed E-state index contributed by atoms with van der Waals surface area (Å²) in [6, 6.07) is 5.84. The van der Waals surface area contributed by atoms with Crippen molar-refractivity contribution < 1.29 is 9.18 Å². The summed E-state index contributed by atoms with van der Waals surface area (Å²) in [7, 11) is 0. The second kappa shape index (κ2) is 5.67. The highest BCUT2D eigenvalue weighted by Crippen LogP contribution is 2.03. The van der Waals surface area contributed by atoms with Crippen LogP contribution in [0.2, 0.25) is 0 Å². The summed E-state index contributed by atoms with van der Waals surface area (Å²) in [6.45, 7) is 0.0391. The number of benzene rings is 1. The first-order valence-electron chi connectivity index (χ1n) is 3.68. The van der Waals surface area contributed by atoms with Crippen LogP contribution in [0, 0.1) is 5.82 Å². The van der Waals surface area contributed by atoms with E-state index in [0.717, 1.165) is 5.56 Å². The molecule has 0 fully saturated rings. The fraction of sp³-hybridized carbons (Fsp3) is 0.222. The molecule has 0 aliphatic heterocycles. The molecule has 0 saturated heterocycles. The van der Waals surface area contributed by atoms with E-state index >= 15 is 0 Å². The van der Waals surface area contributed by atoms with E-state index in [0.29, 0.717) is 0 Å². The molecule has 1 rings (SSSR count). The van der Waals surface area contributed by atoms with E-state index < -0.39 is 0 Å². The van der Waals surface area contributed by atoms with Crippen LogP contribution in [0.1, 0.15) is 5.56 Å². The molecule has 1 aromatic rings. The number of ketones is 1. The van der Waals surface area contributed by atoms with Gasteiger partial charge in [0, 0.05) is 6.42 Å². The monoisotopic (exact) mass is 203 g/mol. The van der Waals surface area contributed by atoms with Gasteiger partial charge in [-0.25, -0.2) is 4.39 Å². The summed E-state index contributed by atoms with van der Waals surface area (Å²) in [5.41, 5.74) is 5.92. The molecule has 1 aromatic carbocycles. The van der Waals surface area contributed by atoms with Crippen molar-refractivity contribution >= 4 is 18.2 Å². The molecule has 0 bridgehead atoms. The van der Waals surface area contributed by atoms with Crippen molar-refractivity contribution in [3.05, 3.63) is 35.6 Å². The Bertz CT molecular complexity index is 273. The van der Waals surface area contributed by atoms with E-state index in [1.54, 1.807) is 12.1 Å². The number of carbonyl (C=O) groups is 1. The van der Waals surface area contributed by atoms with Crippen LogP contribution in [0.4, 0.5) is 4.39 Å². The molecule has 2 nitrogen and oxygen atoms in total. The Kier molecular flexibility index (Phi) is 5.26. The van der Waals surface area contributed by atoms with Crippen molar-refractivity contribution in [2.45, 2.75) is 6.42 Å². The molecule has 13 heavy (non-hydrogen) atoms. The van der Waals surface area contributed by atoms with Gasteiger partial charge in [-0.15, -0.1) is 12.4 Å². The molecule has 72 valence electrons. The Morgan fingerprint density at radius 3 is 2.31 bits per heavy atom. The molecule has 2 N–H and O–H groups in total. The number of hydrogen-bond acceptors (Lipinski definition) is 2. The van der Waals surface area contributed by atoms with E-state index in [4.69, 9.17) is 5.73 Å². The minimum absolute atomic E-state index is 0. The van der Waals surface area contributed by atoms with Crippen molar-refractivity contribution in [1.82, 2.24) is 0 Å². The van der Waals surface area contributed by atoms with Gasteiger partial charge in [0.15, 0.2) is 5.78 Å². The minimum atomic E-state index is -0.293. The van der Waals surface area contributed by atoms with Gasteiger partial charge in [-0.05, 0) is 17.7 Å². The maximum absolute atomic E-state index is 12.4. The van der Waals surface area contributed by atoms with Crippen LogP contribution in [0.3, 0.4) is 0 Å². The van der Waals surface area contributed by atoms with Crippen molar-refractivity contribution in [2.24, 2.45) is 5.73 Å². The lowest BCUT2D eigenvalue weighted by atomic mass is 10.1. The molecule has 0 aromatic heterocycles. The molecule has 0 radical (unpaired) electrons. The van der Waals surface area contributed by atoms with Gasteiger partial charge < -0.3 is 5.73 Å². The number of rotatable bonds is 3. The summed E-state index contributed by atoms with van der Waals surface area (Å²) in [4.78, 5) is 10.8. The smallest absolute Gasteiger partial charge is 0.150 e. The highest BCUT2D eigenvalue weighted by Gasteiger charge is 2.00. The first-order valence-corrected chi connectivity index (χ1v) is 3.68. The summed E-state index contributed by atoms with van der Waals surface area (Å²) in [5.74, 6) is -0.333. The predicted octanol–water partition coefficient (Wildman–Crippen LogP) is 1.32. The van der Waals surface area contributed by atoms with Crippen LogP contribution in [-0.4, -0.2) is 12.3 Å². The molecule has 0 atom stereocenters. The van der Waals surface area contributed by atoms with Gasteiger partial charge in [0.05, 0.1) is 6.54 Å². The van der Waals surface area contributed by atoms with E-state index in [-0.39, 0.29) is 37.0 Å². The number of halogens is 2. The number of nitrogens with two attached hydrogens (primary N) is 1. The van der Waals surface area contributed by atoms with E-state index in [9.17, 15) is 9.18 Å². The molecular formula is C9H11ClFNO. The summed E-state index contributed by atoms with van der Waals surface area (Å²) >= 11 is 0. The highest BCUT2D eigenvalue weighted by atomic mass is 35.5. The van der Waals surface area contributed by atoms with Crippen molar-refractivity contribution in [3.63, 3.8) is 0 Å². The first-order chi connectivity index (χ1) is 5.72. The van der Waals surface area contributed by atoms with Gasteiger partial charge in [0.2, 0.25) is 0 Å². The molecule has 0 saturated carbocycles. The van der Waals surface area contributed by atoms with Crippen molar-refractivity contribution in [1.29, 1.82) is 0 Å². The van der Waals surface area contributed by atoms with Crippen LogP contribution >= 0.6 is 12.4 Å². The first kappa shape index (κ1) is 12.1. The summed E-state index contributed by atoms with van der Waals surface area (Å²) < 4.78 is 12.4. The normalized spacial score (nSPS) is 9.08. The molecular weight excluding hydrogens is 193 g/mol. The Morgan fingerprint density at radius 2 is 1.85 bits per heavy atom. The standard InChI is InChI=1S/C9H10FNO.ClH/c10-8-3-1-7(2-4-8)5-9(12)6-11;/h1-4H,5-6,11H2;1H. The van der Waals surface area contributed by atoms with Crippen LogP contribution in [-0.2, 0) is 11.2 Å². The van der Waals surface area contributed by atoms with Crippen molar-refractivity contribution in [2.75, 3.05) is 6.54 Å². The van der Waals surface area contributed by atoms with Crippen LogP contribution in [0.15, 0.2) is 24.3 Å². The fourth-order valence-electron chi connectivity index (χ4n) is 0.902. The Morgan fingerprint density at radius 1 is 1.31 bits per heavy atom. The minimum Gasteiger partial charge on any atom is -0.324 e. The van der Waals surface area contributed by atoms with Crippen LogP contribution in [0.5, 0.6) is 0 Å².